The zero-order valence-electron chi connectivity index (χ0n) is 17.1. The summed E-state index contributed by atoms with van der Waals surface area (Å²) in [6.45, 7) is 6.26. The minimum absolute atomic E-state index is 0.0467. The molecule has 0 aliphatic rings. The lowest BCUT2D eigenvalue weighted by molar-refractivity contribution is 0.0939. The van der Waals surface area contributed by atoms with Gasteiger partial charge in [0.25, 0.3) is 5.91 Å². The number of amides is 1. The molecule has 0 radical (unpaired) electrons. The van der Waals surface area contributed by atoms with Gasteiger partial charge in [-0.25, -0.2) is 8.42 Å². The minimum atomic E-state index is -3.72. The number of hydrogen-bond acceptors (Lipinski definition) is 4. The zero-order valence-corrected chi connectivity index (χ0v) is 18.7. The molecule has 158 valence electrons. The van der Waals surface area contributed by atoms with Crippen molar-refractivity contribution in [2.24, 2.45) is 0 Å². The Bertz CT molecular complexity index is 946. The standard InChI is InChI=1S/C21H27ClN2O4S/c1-5-15(3)23-21(25)16-7-12-20(28-6-2)17(13-16)14-24(4)29(26,27)19-10-8-18(22)9-11-19/h7-13,15H,5-6,14H2,1-4H3,(H,23,25). The van der Waals surface area contributed by atoms with E-state index in [0.717, 1.165) is 6.42 Å². The first kappa shape index (κ1) is 23.2. The van der Waals surface area contributed by atoms with Crippen molar-refractivity contribution < 1.29 is 17.9 Å². The van der Waals surface area contributed by atoms with Crippen molar-refractivity contribution in [3.05, 3.63) is 58.6 Å². The van der Waals surface area contributed by atoms with Gasteiger partial charge in [-0.15, -0.1) is 0 Å². The van der Waals surface area contributed by atoms with Gasteiger partial charge in [0, 0.05) is 35.8 Å². The molecule has 6 nitrogen and oxygen atoms in total. The highest BCUT2D eigenvalue weighted by molar-refractivity contribution is 7.89. The van der Waals surface area contributed by atoms with Crippen LogP contribution < -0.4 is 10.1 Å². The molecule has 0 aliphatic carbocycles. The number of nitrogens with one attached hydrogen (secondary N) is 1. The molecule has 0 spiro atoms. The predicted octanol–water partition coefficient (Wildman–Crippen LogP) is 4.09. The number of ether oxygens (including phenoxy) is 1. The topological polar surface area (TPSA) is 75.7 Å². The molecule has 2 aromatic rings. The Labute approximate surface area is 177 Å². The lowest BCUT2D eigenvalue weighted by Crippen LogP contribution is -2.32. The lowest BCUT2D eigenvalue weighted by atomic mass is 10.1. The summed E-state index contributed by atoms with van der Waals surface area (Å²) in [5.74, 6) is 0.345. The van der Waals surface area contributed by atoms with E-state index in [0.29, 0.717) is 28.5 Å². The molecule has 0 saturated heterocycles. The van der Waals surface area contributed by atoms with Crippen LogP contribution in [-0.4, -0.2) is 38.3 Å². The fourth-order valence-electron chi connectivity index (χ4n) is 2.66. The van der Waals surface area contributed by atoms with E-state index in [2.05, 4.69) is 5.32 Å². The van der Waals surface area contributed by atoms with Crippen molar-refractivity contribution in [3.63, 3.8) is 0 Å². The van der Waals surface area contributed by atoms with Gasteiger partial charge in [-0.3, -0.25) is 4.79 Å². The Morgan fingerprint density at radius 3 is 2.41 bits per heavy atom. The Morgan fingerprint density at radius 1 is 1.17 bits per heavy atom. The number of carbonyl (C=O) groups excluding carboxylic acids is 1. The van der Waals surface area contributed by atoms with Gasteiger partial charge < -0.3 is 10.1 Å². The molecule has 8 heteroatoms. The Hall–Kier alpha value is -2.09. The average Bonchev–Trinajstić information content (AvgIpc) is 2.69. The van der Waals surface area contributed by atoms with E-state index >= 15 is 0 Å². The van der Waals surface area contributed by atoms with Crippen LogP contribution in [0.15, 0.2) is 47.4 Å². The van der Waals surface area contributed by atoms with Crippen LogP contribution in [0.5, 0.6) is 5.75 Å². The molecule has 1 amide bonds. The SMILES string of the molecule is CCOc1ccc(C(=O)NC(C)CC)cc1CN(C)S(=O)(=O)c1ccc(Cl)cc1. The van der Waals surface area contributed by atoms with Crippen LogP contribution in [0.3, 0.4) is 0 Å². The second-order valence-corrected chi connectivity index (χ2v) is 9.23. The molecule has 0 bridgehead atoms. The molecule has 0 saturated carbocycles. The number of halogens is 1. The van der Waals surface area contributed by atoms with Gasteiger partial charge in [0.05, 0.1) is 11.5 Å². The number of benzene rings is 2. The number of carbonyl (C=O) groups is 1. The number of hydrogen-bond donors (Lipinski definition) is 1. The van der Waals surface area contributed by atoms with Crippen LogP contribution in [0.25, 0.3) is 0 Å². The summed E-state index contributed by atoms with van der Waals surface area (Å²) in [5, 5.41) is 3.38. The van der Waals surface area contributed by atoms with Crippen molar-refractivity contribution in [2.75, 3.05) is 13.7 Å². The van der Waals surface area contributed by atoms with Gasteiger partial charge in [-0.1, -0.05) is 18.5 Å². The van der Waals surface area contributed by atoms with E-state index in [1.54, 1.807) is 18.2 Å². The summed E-state index contributed by atoms with van der Waals surface area (Å²) >= 11 is 5.86. The largest absolute Gasteiger partial charge is 0.494 e. The Kier molecular flexibility index (Phi) is 8.07. The molecule has 0 aliphatic heterocycles. The van der Waals surface area contributed by atoms with Gasteiger partial charge in [0.15, 0.2) is 0 Å². The lowest BCUT2D eigenvalue weighted by Gasteiger charge is -2.20. The highest BCUT2D eigenvalue weighted by Gasteiger charge is 2.23. The summed E-state index contributed by atoms with van der Waals surface area (Å²) in [4.78, 5) is 12.6. The second kappa shape index (κ2) is 10.1. The maximum Gasteiger partial charge on any atom is 0.251 e. The van der Waals surface area contributed by atoms with Gasteiger partial charge in [0.2, 0.25) is 10.0 Å². The van der Waals surface area contributed by atoms with Gasteiger partial charge in [-0.05, 0) is 62.7 Å². The van der Waals surface area contributed by atoms with E-state index in [9.17, 15) is 13.2 Å². The molecule has 0 heterocycles. The third-order valence-corrected chi connectivity index (χ3v) is 6.60. The maximum absolute atomic E-state index is 12.9. The molecule has 1 unspecified atom stereocenters. The van der Waals surface area contributed by atoms with E-state index in [4.69, 9.17) is 16.3 Å². The predicted molar refractivity (Wildman–Crippen MR) is 115 cm³/mol. The van der Waals surface area contributed by atoms with Crippen LogP contribution in [0.1, 0.15) is 43.1 Å². The number of sulfonamides is 1. The number of rotatable bonds is 9. The van der Waals surface area contributed by atoms with Crippen molar-refractivity contribution in [1.29, 1.82) is 0 Å². The van der Waals surface area contributed by atoms with Crippen LogP contribution in [-0.2, 0) is 16.6 Å². The average molecular weight is 439 g/mol. The molecule has 1 atom stereocenters. The monoisotopic (exact) mass is 438 g/mol. The fourth-order valence-corrected chi connectivity index (χ4v) is 3.94. The van der Waals surface area contributed by atoms with Crippen molar-refractivity contribution >= 4 is 27.5 Å². The Morgan fingerprint density at radius 2 is 1.83 bits per heavy atom. The molecular formula is C21H27ClN2O4S. The second-order valence-electron chi connectivity index (χ2n) is 6.75. The van der Waals surface area contributed by atoms with Crippen molar-refractivity contribution in [1.82, 2.24) is 9.62 Å². The molecule has 0 fully saturated rings. The summed E-state index contributed by atoms with van der Waals surface area (Å²) in [7, 11) is -2.23. The molecule has 29 heavy (non-hydrogen) atoms. The van der Waals surface area contributed by atoms with Crippen LogP contribution in [0, 0.1) is 0 Å². The Balaban J connectivity index is 2.32. The zero-order chi connectivity index (χ0) is 21.6. The van der Waals surface area contributed by atoms with E-state index in [1.165, 1.54) is 35.6 Å². The fraction of sp³-hybridized carbons (Fsp3) is 0.381. The molecular weight excluding hydrogens is 412 g/mol. The summed E-state index contributed by atoms with van der Waals surface area (Å²) < 4.78 is 32.6. The first-order chi connectivity index (χ1) is 13.7. The molecule has 2 aromatic carbocycles. The normalized spacial score (nSPS) is 12.6. The van der Waals surface area contributed by atoms with E-state index in [1.807, 2.05) is 20.8 Å². The first-order valence-electron chi connectivity index (χ1n) is 9.47. The summed E-state index contributed by atoms with van der Waals surface area (Å²) in [6.07, 6.45) is 0.817. The quantitative estimate of drug-likeness (QED) is 0.639. The first-order valence-corrected chi connectivity index (χ1v) is 11.3. The van der Waals surface area contributed by atoms with Crippen molar-refractivity contribution in [2.45, 2.75) is 44.7 Å². The minimum Gasteiger partial charge on any atom is -0.494 e. The highest BCUT2D eigenvalue weighted by atomic mass is 35.5. The highest BCUT2D eigenvalue weighted by Crippen LogP contribution is 2.25. The molecule has 1 N–H and O–H groups in total. The van der Waals surface area contributed by atoms with Crippen LogP contribution in [0.2, 0.25) is 5.02 Å². The third-order valence-electron chi connectivity index (χ3n) is 4.53. The molecule has 2 rings (SSSR count). The third kappa shape index (κ3) is 5.95. The summed E-state index contributed by atoms with van der Waals surface area (Å²) in [6, 6.07) is 11.1. The van der Waals surface area contributed by atoms with Crippen LogP contribution >= 0.6 is 11.6 Å². The smallest absolute Gasteiger partial charge is 0.251 e. The van der Waals surface area contributed by atoms with E-state index < -0.39 is 10.0 Å². The summed E-state index contributed by atoms with van der Waals surface area (Å²) in [5.41, 5.74) is 1.07. The van der Waals surface area contributed by atoms with Gasteiger partial charge in [-0.2, -0.15) is 4.31 Å². The number of nitrogens with zero attached hydrogens (tertiary/aromatic N) is 1. The van der Waals surface area contributed by atoms with Gasteiger partial charge >= 0.3 is 0 Å². The van der Waals surface area contributed by atoms with Crippen molar-refractivity contribution in [3.8, 4) is 5.75 Å². The maximum atomic E-state index is 12.9. The van der Waals surface area contributed by atoms with Crippen LogP contribution in [0.4, 0.5) is 0 Å². The molecule has 0 aromatic heterocycles. The van der Waals surface area contributed by atoms with E-state index in [-0.39, 0.29) is 23.4 Å². The van der Waals surface area contributed by atoms with Gasteiger partial charge in [0.1, 0.15) is 5.75 Å².